The number of rotatable bonds is 2. The molecule has 0 N–H and O–H groups in total. The lowest BCUT2D eigenvalue weighted by Gasteiger charge is -2.10. The van der Waals surface area contributed by atoms with E-state index in [9.17, 15) is 0 Å². The van der Waals surface area contributed by atoms with Crippen molar-refractivity contribution in [2.24, 2.45) is 0 Å². The zero-order valence-corrected chi connectivity index (χ0v) is 10.4. The van der Waals surface area contributed by atoms with Gasteiger partial charge in [-0.05, 0) is 23.3 Å². The molecule has 0 amide bonds. The Kier molecular flexibility index (Phi) is 3.28. The Balaban J connectivity index is 1.83. The van der Waals surface area contributed by atoms with Crippen molar-refractivity contribution < 1.29 is 9.47 Å². The summed E-state index contributed by atoms with van der Waals surface area (Å²) in [6.07, 6.45) is -0.227. The van der Waals surface area contributed by atoms with Crippen molar-refractivity contribution in [1.29, 1.82) is 5.26 Å². The third-order valence-electron chi connectivity index (χ3n) is 3.15. The van der Waals surface area contributed by atoms with Crippen LogP contribution in [-0.2, 0) is 9.47 Å². The number of hydrogen-bond acceptors (Lipinski definition) is 3. The van der Waals surface area contributed by atoms with Crippen LogP contribution in [0.5, 0.6) is 0 Å². The molecule has 1 heterocycles. The van der Waals surface area contributed by atoms with Crippen LogP contribution in [0.4, 0.5) is 0 Å². The lowest BCUT2D eigenvalue weighted by Crippen LogP contribution is -1.97. The van der Waals surface area contributed by atoms with Gasteiger partial charge in [-0.1, -0.05) is 36.4 Å². The summed E-state index contributed by atoms with van der Waals surface area (Å²) in [7, 11) is 0. The fourth-order valence-corrected chi connectivity index (χ4v) is 2.12. The molecule has 0 aliphatic carbocycles. The van der Waals surface area contributed by atoms with Crippen LogP contribution < -0.4 is 0 Å². The highest BCUT2D eigenvalue weighted by atomic mass is 16.7. The molecule has 0 radical (unpaired) electrons. The third-order valence-corrected chi connectivity index (χ3v) is 3.15. The number of hydrogen-bond donors (Lipinski definition) is 0. The number of ether oxygens (including phenoxy) is 2. The molecule has 0 spiro atoms. The first-order valence-electron chi connectivity index (χ1n) is 6.20. The number of nitrogens with zero attached hydrogens (tertiary/aromatic N) is 1. The highest BCUT2D eigenvalue weighted by Gasteiger charge is 2.17. The first-order valence-corrected chi connectivity index (χ1v) is 6.20. The van der Waals surface area contributed by atoms with Crippen LogP contribution in [-0.4, -0.2) is 13.2 Å². The van der Waals surface area contributed by atoms with E-state index in [0.717, 1.165) is 16.7 Å². The van der Waals surface area contributed by atoms with Crippen LogP contribution in [0.1, 0.15) is 17.4 Å². The summed E-state index contributed by atoms with van der Waals surface area (Å²) in [4.78, 5) is 0. The molecule has 0 atom stereocenters. The highest BCUT2D eigenvalue weighted by Crippen LogP contribution is 2.26. The summed E-state index contributed by atoms with van der Waals surface area (Å²) in [6, 6.07) is 17.8. The van der Waals surface area contributed by atoms with Gasteiger partial charge in [0.1, 0.15) is 0 Å². The van der Waals surface area contributed by atoms with E-state index in [-0.39, 0.29) is 6.29 Å². The van der Waals surface area contributed by atoms with Gasteiger partial charge in [0.15, 0.2) is 6.29 Å². The van der Waals surface area contributed by atoms with Crippen LogP contribution in [0.3, 0.4) is 0 Å². The number of benzene rings is 2. The van der Waals surface area contributed by atoms with Gasteiger partial charge in [0.2, 0.25) is 0 Å². The van der Waals surface area contributed by atoms with Crippen molar-refractivity contribution in [3.63, 3.8) is 0 Å². The molecule has 0 unspecified atom stereocenters. The molecule has 2 aromatic carbocycles. The van der Waals surface area contributed by atoms with Crippen molar-refractivity contribution in [2.75, 3.05) is 13.2 Å². The molecular formula is C16H13NO2. The van der Waals surface area contributed by atoms with Crippen molar-refractivity contribution in [1.82, 2.24) is 0 Å². The Morgan fingerprint density at radius 3 is 1.89 bits per heavy atom. The Labute approximate surface area is 112 Å². The first kappa shape index (κ1) is 11.9. The van der Waals surface area contributed by atoms with Crippen LogP contribution in [0, 0.1) is 11.3 Å². The maximum Gasteiger partial charge on any atom is 0.184 e. The summed E-state index contributed by atoms with van der Waals surface area (Å²) < 4.78 is 10.9. The van der Waals surface area contributed by atoms with Crippen LogP contribution in [0.2, 0.25) is 0 Å². The molecule has 1 aliphatic heterocycles. The predicted molar refractivity (Wildman–Crippen MR) is 71.2 cm³/mol. The van der Waals surface area contributed by atoms with Crippen molar-refractivity contribution in [2.45, 2.75) is 6.29 Å². The first-order chi connectivity index (χ1) is 9.36. The molecule has 3 heteroatoms. The predicted octanol–water partition coefficient (Wildman–Crippen LogP) is 3.27. The quantitative estimate of drug-likeness (QED) is 0.822. The fourth-order valence-electron chi connectivity index (χ4n) is 2.12. The smallest absolute Gasteiger partial charge is 0.184 e. The third kappa shape index (κ3) is 2.50. The average Bonchev–Trinajstić information content (AvgIpc) is 3.02. The lowest BCUT2D eigenvalue weighted by molar-refractivity contribution is -0.0441. The highest BCUT2D eigenvalue weighted by molar-refractivity contribution is 5.64. The molecule has 94 valence electrons. The van der Waals surface area contributed by atoms with Gasteiger partial charge in [-0.2, -0.15) is 5.26 Å². The fraction of sp³-hybridized carbons (Fsp3) is 0.188. The van der Waals surface area contributed by atoms with E-state index in [1.165, 1.54) is 0 Å². The molecule has 0 aromatic heterocycles. The monoisotopic (exact) mass is 251 g/mol. The maximum absolute atomic E-state index is 8.78. The van der Waals surface area contributed by atoms with Gasteiger partial charge in [0.25, 0.3) is 0 Å². The SMILES string of the molecule is N#Cc1ccc(-c2ccc(C3OCCO3)cc2)cc1. The summed E-state index contributed by atoms with van der Waals surface area (Å²) in [5, 5.41) is 8.78. The van der Waals surface area contributed by atoms with E-state index in [0.29, 0.717) is 18.8 Å². The normalized spacial score (nSPS) is 15.3. The summed E-state index contributed by atoms with van der Waals surface area (Å²) in [6.45, 7) is 1.31. The minimum atomic E-state index is -0.227. The maximum atomic E-state index is 8.78. The molecule has 2 aromatic rings. The van der Waals surface area contributed by atoms with Crippen molar-refractivity contribution >= 4 is 0 Å². The van der Waals surface area contributed by atoms with E-state index < -0.39 is 0 Å². The average molecular weight is 251 g/mol. The van der Waals surface area contributed by atoms with E-state index in [1.54, 1.807) is 0 Å². The molecule has 3 nitrogen and oxygen atoms in total. The topological polar surface area (TPSA) is 42.2 Å². The van der Waals surface area contributed by atoms with E-state index in [2.05, 4.69) is 6.07 Å². The Hall–Kier alpha value is -2.15. The van der Waals surface area contributed by atoms with Crippen molar-refractivity contribution in [3.8, 4) is 17.2 Å². The zero-order chi connectivity index (χ0) is 13.1. The Morgan fingerprint density at radius 2 is 1.37 bits per heavy atom. The van der Waals surface area contributed by atoms with E-state index in [4.69, 9.17) is 14.7 Å². The summed E-state index contributed by atoms with van der Waals surface area (Å²) in [5.41, 5.74) is 3.92. The van der Waals surface area contributed by atoms with Gasteiger partial charge >= 0.3 is 0 Å². The van der Waals surface area contributed by atoms with Crippen LogP contribution in [0.25, 0.3) is 11.1 Å². The molecule has 0 saturated carbocycles. The lowest BCUT2D eigenvalue weighted by atomic mass is 10.0. The minimum absolute atomic E-state index is 0.227. The molecule has 0 bridgehead atoms. The second kappa shape index (κ2) is 5.23. The number of nitriles is 1. The molecule has 1 aliphatic rings. The summed E-state index contributed by atoms with van der Waals surface area (Å²) >= 11 is 0. The molecular weight excluding hydrogens is 238 g/mol. The van der Waals surface area contributed by atoms with Gasteiger partial charge in [-0.3, -0.25) is 0 Å². The van der Waals surface area contributed by atoms with Gasteiger partial charge < -0.3 is 9.47 Å². The van der Waals surface area contributed by atoms with Gasteiger partial charge in [-0.25, -0.2) is 0 Å². The molecule has 19 heavy (non-hydrogen) atoms. The molecule has 3 rings (SSSR count). The van der Waals surface area contributed by atoms with Crippen LogP contribution in [0.15, 0.2) is 48.5 Å². The Bertz CT molecular complexity index is 590. The molecule has 1 saturated heterocycles. The minimum Gasteiger partial charge on any atom is -0.346 e. The second-order valence-electron chi connectivity index (χ2n) is 4.38. The van der Waals surface area contributed by atoms with Crippen LogP contribution >= 0.6 is 0 Å². The van der Waals surface area contributed by atoms with E-state index in [1.807, 2.05) is 48.5 Å². The summed E-state index contributed by atoms with van der Waals surface area (Å²) in [5.74, 6) is 0. The van der Waals surface area contributed by atoms with Gasteiger partial charge in [0, 0.05) is 5.56 Å². The molecule has 1 fully saturated rings. The standard InChI is InChI=1S/C16H13NO2/c17-11-12-1-3-13(4-2-12)14-5-7-15(8-6-14)16-18-9-10-19-16/h1-8,16H,9-10H2. The Morgan fingerprint density at radius 1 is 0.842 bits per heavy atom. The van der Waals surface area contributed by atoms with Crippen molar-refractivity contribution in [3.05, 3.63) is 59.7 Å². The zero-order valence-electron chi connectivity index (χ0n) is 10.4. The largest absolute Gasteiger partial charge is 0.346 e. The second-order valence-corrected chi connectivity index (χ2v) is 4.38. The van der Waals surface area contributed by atoms with Gasteiger partial charge in [-0.15, -0.1) is 0 Å². The van der Waals surface area contributed by atoms with E-state index >= 15 is 0 Å². The van der Waals surface area contributed by atoms with Gasteiger partial charge in [0.05, 0.1) is 24.8 Å².